The lowest BCUT2D eigenvalue weighted by molar-refractivity contribution is 0.601. The molecule has 3 N–H and O–H groups in total. The van der Waals surface area contributed by atoms with E-state index in [9.17, 15) is 8.42 Å². The van der Waals surface area contributed by atoms with Gasteiger partial charge in [-0.2, -0.15) is 0 Å². The van der Waals surface area contributed by atoms with Crippen molar-refractivity contribution in [1.82, 2.24) is 4.98 Å². The second-order valence-corrected chi connectivity index (χ2v) is 5.99. The Morgan fingerprint density at radius 3 is 2.74 bits per heavy atom. The van der Waals surface area contributed by atoms with Gasteiger partial charge in [-0.1, -0.05) is 11.6 Å². The van der Waals surface area contributed by atoms with E-state index in [4.69, 9.17) is 17.3 Å². The van der Waals surface area contributed by atoms with E-state index in [1.54, 1.807) is 25.3 Å². The molecule has 5 nitrogen and oxygen atoms in total. The van der Waals surface area contributed by atoms with Gasteiger partial charge in [-0.15, -0.1) is 0 Å². The van der Waals surface area contributed by atoms with Gasteiger partial charge in [0.1, 0.15) is 4.90 Å². The molecule has 0 radical (unpaired) electrons. The molecule has 0 unspecified atom stereocenters. The molecule has 19 heavy (non-hydrogen) atoms. The summed E-state index contributed by atoms with van der Waals surface area (Å²) in [6.07, 6.45) is 1.58. The molecule has 7 heteroatoms. The number of anilines is 2. The van der Waals surface area contributed by atoms with E-state index in [0.717, 1.165) is 0 Å². The normalized spacial score (nSPS) is 11.3. The Bertz CT molecular complexity index is 717. The highest BCUT2D eigenvalue weighted by Crippen LogP contribution is 2.26. The summed E-state index contributed by atoms with van der Waals surface area (Å²) in [6, 6.07) is 7.57. The molecule has 0 aliphatic carbocycles. The lowest BCUT2D eigenvalue weighted by atomic mass is 10.3. The first kappa shape index (κ1) is 13.6. The van der Waals surface area contributed by atoms with E-state index in [0.29, 0.717) is 17.1 Å². The molecule has 1 heterocycles. The summed E-state index contributed by atoms with van der Waals surface area (Å²) in [5.41, 5.74) is 6.89. The van der Waals surface area contributed by atoms with Crippen molar-refractivity contribution in [2.45, 2.75) is 11.8 Å². The summed E-state index contributed by atoms with van der Waals surface area (Å²) >= 11 is 5.90. The molecule has 0 atom stereocenters. The first-order valence-corrected chi connectivity index (χ1v) is 7.26. The number of rotatable bonds is 3. The second-order valence-electron chi connectivity index (χ2n) is 3.93. The number of nitrogens with zero attached hydrogens (tertiary/aromatic N) is 1. The van der Waals surface area contributed by atoms with Gasteiger partial charge in [0.05, 0.1) is 16.4 Å². The minimum atomic E-state index is -3.79. The Morgan fingerprint density at radius 1 is 1.32 bits per heavy atom. The first-order chi connectivity index (χ1) is 8.90. The van der Waals surface area contributed by atoms with E-state index in [2.05, 4.69) is 9.71 Å². The number of sulfonamides is 1. The molecule has 0 saturated carbocycles. The van der Waals surface area contributed by atoms with E-state index in [-0.39, 0.29) is 9.92 Å². The summed E-state index contributed by atoms with van der Waals surface area (Å²) in [5, 5.41) is 0.114. The van der Waals surface area contributed by atoms with Gasteiger partial charge in [-0.25, -0.2) is 8.42 Å². The Hall–Kier alpha value is -1.79. The highest BCUT2D eigenvalue weighted by atomic mass is 35.5. The third-order valence-corrected chi connectivity index (χ3v) is 4.34. The maximum Gasteiger partial charge on any atom is 0.263 e. The third-order valence-electron chi connectivity index (χ3n) is 2.50. The quantitative estimate of drug-likeness (QED) is 0.852. The summed E-state index contributed by atoms with van der Waals surface area (Å²) in [5.74, 6) is 0. The number of nitrogens with two attached hydrogens (primary N) is 1. The van der Waals surface area contributed by atoms with Crippen molar-refractivity contribution in [3.8, 4) is 0 Å². The molecule has 100 valence electrons. The van der Waals surface area contributed by atoms with Gasteiger partial charge in [-0.05, 0) is 37.3 Å². The van der Waals surface area contributed by atoms with Crippen LogP contribution in [0, 0.1) is 6.92 Å². The molecule has 0 saturated heterocycles. The summed E-state index contributed by atoms with van der Waals surface area (Å²) in [7, 11) is -3.79. The highest BCUT2D eigenvalue weighted by Gasteiger charge is 2.19. The zero-order valence-electron chi connectivity index (χ0n) is 10.1. The lowest BCUT2D eigenvalue weighted by Gasteiger charge is -2.11. The number of halogens is 1. The number of nitrogens with one attached hydrogen (secondary N) is 1. The van der Waals surface area contributed by atoms with Crippen LogP contribution >= 0.6 is 11.6 Å². The molecule has 0 amide bonds. The van der Waals surface area contributed by atoms with Crippen molar-refractivity contribution < 1.29 is 8.42 Å². The smallest absolute Gasteiger partial charge is 0.263 e. The van der Waals surface area contributed by atoms with Crippen LogP contribution in [0.3, 0.4) is 0 Å². The molecule has 0 fully saturated rings. The van der Waals surface area contributed by atoms with Gasteiger partial charge in [-0.3, -0.25) is 9.71 Å². The van der Waals surface area contributed by atoms with Crippen molar-refractivity contribution in [3.63, 3.8) is 0 Å². The van der Waals surface area contributed by atoms with Crippen LogP contribution in [-0.4, -0.2) is 13.4 Å². The van der Waals surface area contributed by atoms with E-state index in [1.165, 1.54) is 18.2 Å². The summed E-state index contributed by atoms with van der Waals surface area (Å²) < 4.78 is 26.9. The molecule has 1 aromatic carbocycles. The van der Waals surface area contributed by atoms with Gasteiger partial charge in [0.15, 0.2) is 0 Å². The number of aryl methyl sites for hydroxylation is 1. The Kier molecular flexibility index (Phi) is 3.64. The zero-order valence-corrected chi connectivity index (χ0v) is 11.7. The maximum absolute atomic E-state index is 12.2. The van der Waals surface area contributed by atoms with Gasteiger partial charge in [0.25, 0.3) is 10.0 Å². The summed E-state index contributed by atoms with van der Waals surface area (Å²) in [4.78, 5) is 3.95. The largest absolute Gasteiger partial charge is 0.399 e. The van der Waals surface area contributed by atoms with Crippen LogP contribution in [-0.2, 0) is 10.0 Å². The predicted molar refractivity (Wildman–Crippen MR) is 75.6 cm³/mol. The Labute approximate surface area is 116 Å². The molecule has 0 aliphatic rings. The molecule has 0 aliphatic heterocycles. The van der Waals surface area contributed by atoms with Crippen LogP contribution in [0.4, 0.5) is 11.4 Å². The molecular weight excluding hydrogens is 286 g/mol. The molecule has 0 spiro atoms. The van der Waals surface area contributed by atoms with Gasteiger partial charge < -0.3 is 5.73 Å². The number of nitrogen functional groups attached to an aromatic ring is 1. The molecule has 1 aromatic heterocycles. The van der Waals surface area contributed by atoms with E-state index >= 15 is 0 Å². The maximum atomic E-state index is 12.2. The van der Waals surface area contributed by atoms with Gasteiger partial charge >= 0.3 is 0 Å². The van der Waals surface area contributed by atoms with Crippen LogP contribution in [0.15, 0.2) is 41.4 Å². The van der Waals surface area contributed by atoms with Crippen LogP contribution in [0.1, 0.15) is 5.69 Å². The summed E-state index contributed by atoms with van der Waals surface area (Å²) in [6.45, 7) is 1.71. The minimum Gasteiger partial charge on any atom is -0.399 e. The highest BCUT2D eigenvalue weighted by molar-refractivity contribution is 7.92. The molecular formula is C12H12ClN3O2S. The zero-order chi connectivity index (χ0) is 14.0. The van der Waals surface area contributed by atoms with E-state index in [1.807, 2.05) is 0 Å². The van der Waals surface area contributed by atoms with Crippen LogP contribution in [0.25, 0.3) is 0 Å². The van der Waals surface area contributed by atoms with Crippen molar-refractivity contribution in [1.29, 1.82) is 0 Å². The third kappa shape index (κ3) is 2.97. The molecule has 2 rings (SSSR count). The van der Waals surface area contributed by atoms with Crippen molar-refractivity contribution in [2.24, 2.45) is 0 Å². The van der Waals surface area contributed by atoms with Crippen molar-refractivity contribution in [3.05, 3.63) is 47.2 Å². The van der Waals surface area contributed by atoms with Crippen LogP contribution in [0.2, 0.25) is 5.02 Å². The van der Waals surface area contributed by atoms with Gasteiger partial charge in [0.2, 0.25) is 0 Å². The number of hydrogen-bond donors (Lipinski definition) is 2. The second kappa shape index (κ2) is 5.07. The number of aromatic nitrogens is 1. The van der Waals surface area contributed by atoms with Crippen LogP contribution in [0.5, 0.6) is 0 Å². The predicted octanol–water partition coefficient (Wildman–Crippen LogP) is 2.43. The Morgan fingerprint density at radius 2 is 2.05 bits per heavy atom. The molecule has 2 aromatic rings. The minimum absolute atomic E-state index is 0.0579. The van der Waals surface area contributed by atoms with Crippen molar-refractivity contribution >= 4 is 33.0 Å². The lowest BCUT2D eigenvalue weighted by Crippen LogP contribution is -2.14. The topological polar surface area (TPSA) is 85.1 Å². The fraction of sp³-hybridized carbons (Fsp3) is 0.0833. The van der Waals surface area contributed by atoms with Gasteiger partial charge in [0, 0.05) is 11.9 Å². The SMILES string of the molecule is Cc1ncccc1NS(=O)(=O)c1cc(N)ccc1Cl. The van der Waals surface area contributed by atoms with Crippen molar-refractivity contribution in [2.75, 3.05) is 10.5 Å². The fourth-order valence-corrected chi connectivity index (χ4v) is 3.17. The molecule has 0 bridgehead atoms. The number of hydrogen-bond acceptors (Lipinski definition) is 4. The number of benzene rings is 1. The standard InChI is InChI=1S/C12H12ClN3O2S/c1-8-11(3-2-6-15-8)16-19(17,18)12-7-9(14)4-5-10(12)13/h2-7,16H,14H2,1H3. The average Bonchev–Trinajstić information content (AvgIpc) is 2.35. The Balaban J connectivity index is 2.44. The average molecular weight is 298 g/mol. The first-order valence-electron chi connectivity index (χ1n) is 5.39. The van der Waals surface area contributed by atoms with E-state index < -0.39 is 10.0 Å². The van der Waals surface area contributed by atoms with Crippen LogP contribution < -0.4 is 10.5 Å². The fourth-order valence-electron chi connectivity index (χ4n) is 1.52. The number of pyridine rings is 1. The monoisotopic (exact) mass is 297 g/mol.